The highest BCUT2D eigenvalue weighted by Gasteiger charge is 2.18. The molecule has 1 aliphatic heterocycles. The zero-order valence-electron chi connectivity index (χ0n) is 12.5. The van der Waals surface area contributed by atoms with Gasteiger partial charge in [0.15, 0.2) is 0 Å². The number of fused-ring (bicyclic) bond motifs is 1. The SMILES string of the molecule is COc1ncc(C(=O)NCc2ccc3c(c2)C[C@@H](C)O3)cn1. The number of carbonyl (C=O) groups is 1. The van der Waals surface area contributed by atoms with Crippen LogP contribution in [0, 0.1) is 0 Å². The molecule has 1 atom stereocenters. The molecule has 2 aromatic rings. The first-order chi connectivity index (χ1) is 10.7. The number of benzene rings is 1. The van der Waals surface area contributed by atoms with Crippen LogP contribution in [0.5, 0.6) is 11.8 Å². The Morgan fingerprint density at radius 3 is 2.91 bits per heavy atom. The van der Waals surface area contributed by atoms with Crippen LogP contribution in [-0.4, -0.2) is 29.1 Å². The third-order valence-electron chi connectivity index (χ3n) is 3.49. The first-order valence-electron chi connectivity index (χ1n) is 7.08. The maximum absolute atomic E-state index is 12.0. The van der Waals surface area contributed by atoms with Gasteiger partial charge in [0.05, 0.1) is 12.7 Å². The Morgan fingerprint density at radius 2 is 2.18 bits per heavy atom. The van der Waals surface area contributed by atoms with E-state index >= 15 is 0 Å². The summed E-state index contributed by atoms with van der Waals surface area (Å²) >= 11 is 0. The summed E-state index contributed by atoms with van der Waals surface area (Å²) in [7, 11) is 1.48. The normalized spacial score (nSPS) is 15.8. The zero-order chi connectivity index (χ0) is 15.5. The van der Waals surface area contributed by atoms with E-state index in [4.69, 9.17) is 9.47 Å². The van der Waals surface area contributed by atoms with E-state index in [0.717, 1.165) is 17.7 Å². The topological polar surface area (TPSA) is 73.3 Å². The van der Waals surface area contributed by atoms with Crippen LogP contribution in [-0.2, 0) is 13.0 Å². The fourth-order valence-electron chi connectivity index (χ4n) is 2.41. The quantitative estimate of drug-likeness (QED) is 0.931. The lowest BCUT2D eigenvalue weighted by Crippen LogP contribution is -2.23. The fraction of sp³-hybridized carbons (Fsp3) is 0.312. The average Bonchev–Trinajstić information content (AvgIpc) is 2.92. The number of amides is 1. The Bertz CT molecular complexity index is 686. The Kier molecular flexibility index (Phi) is 3.91. The maximum Gasteiger partial charge on any atom is 0.316 e. The number of nitrogens with zero attached hydrogens (tertiary/aromatic N) is 2. The van der Waals surface area contributed by atoms with Crippen LogP contribution in [0.1, 0.15) is 28.4 Å². The molecule has 0 unspecified atom stereocenters. The minimum atomic E-state index is -0.215. The van der Waals surface area contributed by atoms with Crippen LogP contribution in [0.3, 0.4) is 0 Å². The van der Waals surface area contributed by atoms with Gasteiger partial charge in [0.2, 0.25) is 0 Å². The van der Waals surface area contributed by atoms with Crippen molar-refractivity contribution in [3.05, 3.63) is 47.3 Å². The van der Waals surface area contributed by atoms with E-state index in [-0.39, 0.29) is 18.0 Å². The monoisotopic (exact) mass is 299 g/mol. The van der Waals surface area contributed by atoms with Crippen molar-refractivity contribution in [1.29, 1.82) is 0 Å². The predicted molar refractivity (Wildman–Crippen MR) is 80.0 cm³/mol. The van der Waals surface area contributed by atoms with Crippen molar-refractivity contribution in [1.82, 2.24) is 15.3 Å². The first-order valence-corrected chi connectivity index (χ1v) is 7.08. The molecule has 0 bridgehead atoms. The van der Waals surface area contributed by atoms with Crippen molar-refractivity contribution in [3.63, 3.8) is 0 Å². The van der Waals surface area contributed by atoms with E-state index in [9.17, 15) is 4.79 Å². The minimum absolute atomic E-state index is 0.215. The number of carbonyl (C=O) groups excluding carboxylic acids is 1. The average molecular weight is 299 g/mol. The summed E-state index contributed by atoms with van der Waals surface area (Å²) in [5, 5.41) is 2.85. The standard InChI is InChI=1S/C16H17N3O3/c1-10-5-12-6-11(3-4-14(12)22-10)7-17-15(20)13-8-18-16(21-2)19-9-13/h3-4,6,8-10H,5,7H2,1-2H3,(H,17,20)/t10-/m1/s1. The van der Waals surface area contributed by atoms with Gasteiger partial charge in [-0.2, -0.15) is 0 Å². The Morgan fingerprint density at radius 1 is 1.41 bits per heavy atom. The Hall–Kier alpha value is -2.63. The lowest BCUT2D eigenvalue weighted by atomic mass is 10.1. The number of nitrogens with one attached hydrogen (secondary N) is 1. The number of rotatable bonds is 4. The van der Waals surface area contributed by atoms with E-state index in [1.807, 2.05) is 19.1 Å². The third kappa shape index (κ3) is 3.00. The molecule has 0 saturated heterocycles. The van der Waals surface area contributed by atoms with E-state index < -0.39 is 0 Å². The van der Waals surface area contributed by atoms with Crippen molar-refractivity contribution >= 4 is 5.91 Å². The van der Waals surface area contributed by atoms with Crippen LogP contribution >= 0.6 is 0 Å². The van der Waals surface area contributed by atoms with E-state index in [2.05, 4.69) is 21.4 Å². The number of ether oxygens (including phenoxy) is 2. The van der Waals surface area contributed by atoms with Crippen molar-refractivity contribution in [2.75, 3.05) is 7.11 Å². The molecule has 0 saturated carbocycles. The lowest BCUT2D eigenvalue weighted by Gasteiger charge is -2.07. The highest BCUT2D eigenvalue weighted by atomic mass is 16.5. The van der Waals surface area contributed by atoms with Crippen molar-refractivity contribution < 1.29 is 14.3 Å². The first kappa shape index (κ1) is 14.3. The van der Waals surface area contributed by atoms with Crippen LogP contribution in [0.4, 0.5) is 0 Å². The highest BCUT2D eigenvalue weighted by Crippen LogP contribution is 2.29. The molecule has 6 heteroatoms. The summed E-state index contributed by atoms with van der Waals surface area (Å²) in [5.41, 5.74) is 2.63. The van der Waals surface area contributed by atoms with Crippen molar-refractivity contribution in [3.8, 4) is 11.8 Å². The summed E-state index contributed by atoms with van der Waals surface area (Å²) in [4.78, 5) is 19.9. The summed E-state index contributed by atoms with van der Waals surface area (Å²) < 4.78 is 10.5. The largest absolute Gasteiger partial charge is 0.490 e. The van der Waals surface area contributed by atoms with Gasteiger partial charge in [0.25, 0.3) is 5.91 Å². The van der Waals surface area contributed by atoms with Gasteiger partial charge >= 0.3 is 6.01 Å². The van der Waals surface area contributed by atoms with Crippen LogP contribution in [0.25, 0.3) is 0 Å². The summed E-state index contributed by atoms with van der Waals surface area (Å²) in [6.07, 6.45) is 4.01. The molecule has 1 amide bonds. The highest BCUT2D eigenvalue weighted by molar-refractivity contribution is 5.93. The molecule has 0 spiro atoms. The summed E-state index contributed by atoms with van der Waals surface area (Å²) in [6, 6.07) is 6.23. The van der Waals surface area contributed by atoms with Gasteiger partial charge in [-0.15, -0.1) is 0 Å². The van der Waals surface area contributed by atoms with Gasteiger partial charge in [-0.25, -0.2) is 9.97 Å². The van der Waals surface area contributed by atoms with Crippen LogP contribution in [0.15, 0.2) is 30.6 Å². The Balaban J connectivity index is 1.62. The molecule has 0 aliphatic carbocycles. The van der Waals surface area contributed by atoms with Crippen LogP contribution < -0.4 is 14.8 Å². The second-order valence-electron chi connectivity index (χ2n) is 5.22. The van der Waals surface area contributed by atoms with Gasteiger partial charge in [-0.1, -0.05) is 12.1 Å². The molecule has 1 aliphatic rings. The summed E-state index contributed by atoms with van der Waals surface area (Å²) in [6.45, 7) is 2.50. The second kappa shape index (κ2) is 6.01. The van der Waals surface area contributed by atoms with Gasteiger partial charge < -0.3 is 14.8 Å². The molecule has 2 heterocycles. The number of hydrogen-bond acceptors (Lipinski definition) is 5. The summed E-state index contributed by atoms with van der Waals surface area (Å²) in [5.74, 6) is 0.721. The van der Waals surface area contributed by atoms with Gasteiger partial charge in [-0.05, 0) is 24.1 Å². The molecular weight excluding hydrogens is 282 g/mol. The third-order valence-corrected chi connectivity index (χ3v) is 3.49. The molecule has 1 aromatic carbocycles. The Labute approximate surface area is 128 Å². The van der Waals surface area contributed by atoms with E-state index in [1.54, 1.807) is 0 Å². The van der Waals surface area contributed by atoms with Crippen molar-refractivity contribution in [2.24, 2.45) is 0 Å². The van der Waals surface area contributed by atoms with E-state index in [1.165, 1.54) is 25.1 Å². The number of methoxy groups -OCH3 is 1. The van der Waals surface area contributed by atoms with Crippen LogP contribution in [0.2, 0.25) is 0 Å². The zero-order valence-corrected chi connectivity index (χ0v) is 12.5. The van der Waals surface area contributed by atoms with Gasteiger partial charge in [0, 0.05) is 25.4 Å². The smallest absolute Gasteiger partial charge is 0.316 e. The molecule has 3 rings (SSSR count). The molecular formula is C16H17N3O3. The van der Waals surface area contributed by atoms with Crippen molar-refractivity contribution in [2.45, 2.75) is 26.0 Å². The molecule has 6 nitrogen and oxygen atoms in total. The van der Waals surface area contributed by atoms with Gasteiger partial charge in [-0.3, -0.25) is 4.79 Å². The predicted octanol–water partition coefficient (Wildman–Crippen LogP) is 1.74. The van der Waals surface area contributed by atoms with E-state index in [0.29, 0.717) is 12.1 Å². The second-order valence-corrected chi connectivity index (χ2v) is 5.22. The maximum atomic E-state index is 12.0. The lowest BCUT2D eigenvalue weighted by molar-refractivity contribution is 0.0950. The molecule has 114 valence electrons. The minimum Gasteiger partial charge on any atom is -0.490 e. The molecule has 22 heavy (non-hydrogen) atoms. The fourth-order valence-corrected chi connectivity index (χ4v) is 2.41. The van der Waals surface area contributed by atoms with Gasteiger partial charge in [0.1, 0.15) is 11.9 Å². The molecule has 0 fully saturated rings. The molecule has 1 N–H and O–H groups in total. The molecule has 1 aromatic heterocycles. The number of aromatic nitrogens is 2. The molecule has 0 radical (unpaired) electrons. The number of hydrogen-bond donors (Lipinski definition) is 1.